The summed E-state index contributed by atoms with van der Waals surface area (Å²) in [5.41, 5.74) is 1.38. The number of amides is 2. The smallest absolute Gasteiger partial charge is 0.272 e. The van der Waals surface area contributed by atoms with Gasteiger partial charge in [0, 0.05) is 48.6 Å². The summed E-state index contributed by atoms with van der Waals surface area (Å²) >= 11 is 0. The van der Waals surface area contributed by atoms with E-state index < -0.39 is 5.60 Å². The molecule has 2 aromatic carbocycles. The van der Waals surface area contributed by atoms with E-state index in [0.29, 0.717) is 41.9 Å². The summed E-state index contributed by atoms with van der Waals surface area (Å²) in [5.74, 6) is -0.0841. The number of benzene rings is 2. The molecular weight excluding hydrogens is 432 g/mol. The van der Waals surface area contributed by atoms with E-state index in [-0.39, 0.29) is 36.1 Å². The number of hydrogen-bond donors (Lipinski definition) is 2. The Balaban J connectivity index is 1.08. The van der Waals surface area contributed by atoms with Crippen LogP contribution in [0.4, 0.5) is 0 Å². The Morgan fingerprint density at radius 3 is 2.53 bits per heavy atom. The van der Waals surface area contributed by atoms with Gasteiger partial charge in [0.25, 0.3) is 11.8 Å². The molecule has 0 bridgehead atoms. The second-order valence-electron chi connectivity index (χ2n) is 9.71. The average molecular weight is 454 g/mol. The zero-order chi connectivity index (χ0) is 23.0. The molecule has 4 aromatic rings. The minimum atomic E-state index is -0.956. The molecule has 2 unspecified atom stereocenters. The number of aromatic amines is 1. The minimum absolute atomic E-state index is 0.0282. The number of aromatic nitrogens is 4. The van der Waals surface area contributed by atoms with Crippen molar-refractivity contribution in [3.63, 3.8) is 0 Å². The predicted octanol–water partition coefficient (Wildman–Crippen LogP) is 1.71. The lowest BCUT2D eigenvalue weighted by Gasteiger charge is -2.50. The molecule has 2 aliphatic heterocycles. The van der Waals surface area contributed by atoms with E-state index in [9.17, 15) is 14.7 Å². The van der Waals surface area contributed by atoms with E-state index in [4.69, 9.17) is 0 Å². The number of rotatable bonds is 2. The van der Waals surface area contributed by atoms with Crippen LogP contribution in [0.3, 0.4) is 0 Å². The van der Waals surface area contributed by atoms with Gasteiger partial charge in [-0.15, -0.1) is 0 Å². The Bertz CT molecular complexity index is 1480. The number of aliphatic hydroxyl groups is 1. The maximum absolute atomic E-state index is 13.2. The van der Waals surface area contributed by atoms with Gasteiger partial charge < -0.3 is 14.9 Å². The Hall–Kier alpha value is -3.85. The van der Waals surface area contributed by atoms with Gasteiger partial charge >= 0.3 is 0 Å². The highest BCUT2D eigenvalue weighted by Gasteiger charge is 2.68. The maximum atomic E-state index is 13.2. The van der Waals surface area contributed by atoms with Crippen molar-refractivity contribution in [2.75, 3.05) is 26.2 Å². The first-order chi connectivity index (χ1) is 16.5. The number of fused-ring (bicyclic) bond motifs is 6. The molecule has 9 nitrogen and oxygen atoms in total. The fraction of sp³-hybridized carbons (Fsp3) is 0.320. The molecule has 2 saturated heterocycles. The Morgan fingerprint density at radius 2 is 1.68 bits per heavy atom. The number of hydrogen-bond acceptors (Lipinski definition) is 6. The summed E-state index contributed by atoms with van der Waals surface area (Å²) in [5, 5.41) is 24.1. The van der Waals surface area contributed by atoms with Crippen LogP contribution in [-0.4, -0.2) is 78.9 Å². The molecule has 9 heteroatoms. The third-order valence-corrected chi connectivity index (χ3v) is 8.02. The number of nitrogens with one attached hydrogen (secondary N) is 1. The van der Waals surface area contributed by atoms with Gasteiger partial charge in [0.15, 0.2) is 0 Å². The van der Waals surface area contributed by atoms with Crippen molar-refractivity contribution >= 4 is 33.6 Å². The first kappa shape index (κ1) is 19.6. The van der Waals surface area contributed by atoms with Crippen molar-refractivity contribution in [3.8, 4) is 0 Å². The number of carbonyl (C=O) groups is 2. The zero-order valence-corrected chi connectivity index (χ0v) is 18.3. The van der Waals surface area contributed by atoms with Crippen molar-refractivity contribution in [1.29, 1.82) is 0 Å². The summed E-state index contributed by atoms with van der Waals surface area (Å²) in [4.78, 5) is 34.2. The lowest BCUT2D eigenvalue weighted by atomic mass is 9.56. The van der Waals surface area contributed by atoms with Crippen molar-refractivity contribution in [2.45, 2.75) is 5.60 Å². The van der Waals surface area contributed by atoms with Gasteiger partial charge in [0.2, 0.25) is 0 Å². The maximum Gasteiger partial charge on any atom is 0.272 e. The lowest BCUT2D eigenvalue weighted by molar-refractivity contribution is -0.145. The molecule has 7 rings (SSSR count). The fourth-order valence-corrected chi connectivity index (χ4v) is 6.27. The van der Waals surface area contributed by atoms with Crippen LogP contribution < -0.4 is 0 Å². The van der Waals surface area contributed by atoms with Crippen LogP contribution in [0.2, 0.25) is 0 Å². The van der Waals surface area contributed by atoms with E-state index >= 15 is 0 Å². The van der Waals surface area contributed by atoms with Crippen molar-refractivity contribution < 1.29 is 14.7 Å². The normalized spacial score (nSPS) is 27.6. The SMILES string of the molecule is O=C(c1ccc2n[nH]nc2c1)N1C[C@@H]2C3CN(C(=O)c4cc5ccccc5cn4)CC3(O)[C@@H]2C1. The van der Waals surface area contributed by atoms with Crippen LogP contribution >= 0.6 is 0 Å². The van der Waals surface area contributed by atoms with Crippen LogP contribution in [0.5, 0.6) is 0 Å². The highest BCUT2D eigenvalue weighted by molar-refractivity contribution is 5.98. The third kappa shape index (κ3) is 2.67. The molecule has 4 heterocycles. The molecule has 3 aliphatic rings. The lowest BCUT2D eigenvalue weighted by Crippen LogP contribution is -2.61. The van der Waals surface area contributed by atoms with E-state index in [1.165, 1.54) is 0 Å². The molecule has 34 heavy (non-hydrogen) atoms. The van der Waals surface area contributed by atoms with Crippen LogP contribution in [0.25, 0.3) is 21.8 Å². The standard InChI is InChI=1S/C25H22N6O3/c32-23(15-5-6-20-21(8-15)28-29-27-20)30-10-17-18(11-30)25(34)13-31(12-19(17)25)24(33)22-7-14-3-1-2-4-16(14)9-26-22/h1-9,17-19,34H,10-13H2,(H,27,28,29)/t17-,18+,19?,25?/m0/s1. The second kappa shape index (κ2) is 6.83. The summed E-state index contributed by atoms with van der Waals surface area (Å²) in [7, 11) is 0. The number of likely N-dealkylation sites (tertiary alicyclic amines) is 2. The highest BCUT2D eigenvalue weighted by atomic mass is 16.3. The molecule has 170 valence electrons. The highest BCUT2D eigenvalue weighted by Crippen LogP contribution is 2.57. The van der Waals surface area contributed by atoms with E-state index in [1.807, 2.05) is 35.2 Å². The molecule has 3 fully saturated rings. The first-order valence-corrected chi connectivity index (χ1v) is 11.5. The Labute approximate surface area is 194 Å². The van der Waals surface area contributed by atoms with Gasteiger partial charge in [-0.3, -0.25) is 14.6 Å². The largest absolute Gasteiger partial charge is 0.387 e. The molecule has 2 N–H and O–H groups in total. The monoisotopic (exact) mass is 454 g/mol. The van der Waals surface area contributed by atoms with Gasteiger partial charge in [-0.1, -0.05) is 24.3 Å². The summed E-state index contributed by atoms with van der Waals surface area (Å²) < 4.78 is 0. The predicted molar refractivity (Wildman–Crippen MR) is 123 cm³/mol. The number of carbonyl (C=O) groups excluding carboxylic acids is 2. The van der Waals surface area contributed by atoms with Gasteiger partial charge in [0.1, 0.15) is 16.7 Å². The summed E-state index contributed by atoms with van der Waals surface area (Å²) in [6, 6.07) is 14.9. The minimum Gasteiger partial charge on any atom is -0.387 e. The Kier molecular flexibility index (Phi) is 3.94. The van der Waals surface area contributed by atoms with Crippen molar-refractivity contribution in [2.24, 2.45) is 17.8 Å². The molecule has 4 atom stereocenters. The van der Waals surface area contributed by atoms with Crippen LogP contribution in [0.15, 0.2) is 54.7 Å². The molecule has 1 saturated carbocycles. The molecule has 0 radical (unpaired) electrons. The topological polar surface area (TPSA) is 115 Å². The fourth-order valence-electron chi connectivity index (χ4n) is 6.27. The van der Waals surface area contributed by atoms with Crippen LogP contribution in [0.1, 0.15) is 20.8 Å². The quantitative estimate of drug-likeness (QED) is 0.477. The molecule has 2 aromatic heterocycles. The Morgan fingerprint density at radius 1 is 0.912 bits per heavy atom. The molecule has 2 amide bonds. The van der Waals surface area contributed by atoms with Crippen LogP contribution in [-0.2, 0) is 0 Å². The zero-order valence-electron chi connectivity index (χ0n) is 18.3. The summed E-state index contributed by atoms with van der Waals surface area (Å²) in [6.07, 6.45) is 1.72. The van der Waals surface area contributed by atoms with E-state index in [1.54, 1.807) is 29.3 Å². The van der Waals surface area contributed by atoms with E-state index in [0.717, 1.165) is 10.8 Å². The number of β-amino-alcohol motifs (C(OH)–C–C–N with tert-alkyl or cyclic N) is 1. The first-order valence-electron chi connectivity index (χ1n) is 11.5. The number of H-pyrrole nitrogens is 1. The summed E-state index contributed by atoms with van der Waals surface area (Å²) in [6.45, 7) is 1.84. The van der Waals surface area contributed by atoms with E-state index in [2.05, 4.69) is 20.4 Å². The second-order valence-corrected chi connectivity index (χ2v) is 9.71. The van der Waals surface area contributed by atoms with Crippen molar-refractivity contribution in [3.05, 3.63) is 66.0 Å². The van der Waals surface area contributed by atoms with Gasteiger partial charge in [-0.2, -0.15) is 15.4 Å². The number of pyridine rings is 1. The van der Waals surface area contributed by atoms with Gasteiger partial charge in [-0.05, 0) is 35.6 Å². The van der Waals surface area contributed by atoms with Gasteiger partial charge in [-0.25, -0.2) is 0 Å². The molecule has 0 spiro atoms. The average Bonchev–Trinajstić information content (AvgIpc) is 3.57. The molecule has 1 aliphatic carbocycles. The molecular formula is C25H22N6O3. The van der Waals surface area contributed by atoms with Gasteiger partial charge in [0.05, 0.1) is 12.1 Å². The van der Waals surface area contributed by atoms with Crippen LogP contribution in [0, 0.1) is 17.8 Å². The van der Waals surface area contributed by atoms with Crippen molar-refractivity contribution in [1.82, 2.24) is 30.2 Å². The third-order valence-electron chi connectivity index (χ3n) is 8.02. The number of nitrogens with zero attached hydrogens (tertiary/aromatic N) is 5.